The molecule has 0 fully saturated rings. The lowest BCUT2D eigenvalue weighted by Gasteiger charge is -2.15. The molecule has 0 amide bonds. The van der Waals surface area contributed by atoms with Crippen molar-refractivity contribution in [2.24, 2.45) is 10.8 Å². The molecule has 5 heteroatoms. The lowest BCUT2D eigenvalue weighted by molar-refractivity contribution is 0.644. The number of hydrazine groups is 1. The highest BCUT2D eigenvalue weighted by Gasteiger charge is 2.06. The Kier molecular flexibility index (Phi) is 6.65. The van der Waals surface area contributed by atoms with Gasteiger partial charge in [-0.3, -0.25) is 10.4 Å². The molecule has 1 rings (SSSR count). The van der Waals surface area contributed by atoms with E-state index in [0.29, 0.717) is 12.0 Å². The van der Waals surface area contributed by atoms with Gasteiger partial charge in [-0.25, -0.2) is 5.84 Å². The maximum Gasteiger partial charge on any atom is 0.205 e. The second-order valence-corrected chi connectivity index (χ2v) is 5.09. The predicted molar refractivity (Wildman–Crippen MR) is 75.2 cm³/mol. The molecule has 1 atom stereocenters. The van der Waals surface area contributed by atoms with E-state index in [0.717, 1.165) is 25.8 Å². The minimum Gasteiger partial charge on any atom is -0.353 e. The normalized spacial score (nSPS) is 13.5. The first-order valence-electron chi connectivity index (χ1n) is 6.06. The molecule has 0 spiro atoms. The van der Waals surface area contributed by atoms with Gasteiger partial charge in [0.15, 0.2) is 0 Å². The van der Waals surface area contributed by atoms with Gasteiger partial charge >= 0.3 is 0 Å². The van der Waals surface area contributed by atoms with E-state index in [4.69, 9.17) is 5.84 Å². The van der Waals surface area contributed by atoms with Crippen molar-refractivity contribution in [1.82, 2.24) is 10.7 Å². The molecule has 0 saturated heterocycles. The summed E-state index contributed by atoms with van der Waals surface area (Å²) in [6.45, 7) is 5.10. The summed E-state index contributed by atoms with van der Waals surface area (Å²) in [5.74, 6) is 6.12. The second-order valence-electron chi connectivity index (χ2n) is 4.06. The van der Waals surface area contributed by atoms with Crippen LogP contribution in [0.25, 0.3) is 0 Å². The monoisotopic (exact) mass is 254 g/mol. The Morgan fingerprint density at radius 2 is 2.41 bits per heavy atom. The highest BCUT2D eigenvalue weighted by atomic mass is 32.1. The smallest absolute Gasteiger partial charge is 0.205 e. The molecule has 0 aliphatic carbocycles. The van der Waals surface area contributed by atoms with Gasteiger partial charge in [0.2, 0.25) is 5.96 Å². The van der Waals surface area contributed by atoms with Crippen LogP contribution in [0.5, 0.6) is 0 Å². The Bertz CT molecular complexity index is 321. The fraction of sp³-hybridized carbons (Fsp3) is 0.583. The largest absolute Gasteiger partial charge is 0.353 e. The third-order valence-electron chi connectivity index (χ3n) is 2.39. The van der Waals surface area contributed by atoms with Crippen molar-refractivity contribution in [3.63, 3.8) is 0 Å². The Morgan fingerprint density at radius 1 is 1.59 bits per heavy atom. The average molecular weight is 254 g/mol. The lowest BCUT2D eigenvalue weighted by Crippen LogP contribution is -2.46. The molecule has 1 aromatic heterocycles. The van der Waals surface area contributed by atoms with E-state index in [1.807, 2.05) is 0 Å². The summed E-state index contributed by atoms with van der Waals surface area (Å²) >= 11 is 1.78. The molecule has 0 bridgehead atoms. The summed E-state index contributed by atoms with van der Waals surface area (Å²) in [4.78, 5) is 5.74. The summed E-state index contributed by atoms with van der Waals surface area (Å²) < 4.78 is 0. The van der Waals surface area contributed by atoms with Crippen LogP contribution in [0.3, 0.4) is 0 Å². The lowest BCUT2D eigenvalue weighted by atomic mass is 10.2. The van der Waals surface area contributed by atoms with Gasteiger partial charge in [0.25, 0.3) is 0 Å². The molecule has 0 saturated carbocycles. The maximum atomic E-state index is 5.44. The van der Waals surface area contributed by atoms with Crippen molar-refractivity contribution in [2.75, 3.05) is 6.54 Å². The van der Waals surface area contributed by atoms with E-state index in [9.17, 15) is 0 Å². The topological polar surface area (TPSA) is 62.4 Å². The quantitative estimate of drug-likeness (QED) is 0.239. The van der Waals surface area contributed by atoms with E-state index in [2.05, 4.69) is 47.1 Å². The van der Waals surface area contributed by atoms with E-state index in [-0.39, 0.29) is 0 Å². The zero-order valence-electron chi connectivity index (χ0n) is 10.6. The summed E-state index contributed by atoms with van der Waals surface area (Å²) in [5, 5.41) is 5.38. The minimum atomic E-state index is 0.324. The molecule has 0 aliphatic rings. The Morgan fingerprint density at radius 3 is 3.00 bits per heavy atom. The first-order valence-corrected chi connectivity index (χ1v) is 6.94. The van der Waals surface area contributed by atoms with Crippen molar-refractivity contribution < 1.29 is 0 Å². The number of hydrogen-bond donors (Lipinski definition) is 3. The Hall–Kier alpha value is -1.07. The molecule has 1 unspecified atom stereocenters. The first-order chi connectivity index (χ1) is 8.26. The molecule has 4 N–H and O–H groups in total. The number of aliphatic imine (C=N–C) groups is 1. The standard InChI is InChI=1S/C12H22N4S/c1-3-4-7-14-12(16-13)15-10(2)9-11-6-5-8-17-11/h5-6,8,10H,3-4,7,9,13H2,1-2H3,(H2,14,15,16). The molecular formula is C12H22N4S. The van der Waals surface area contributed by atoms with Crippen LogP contribution >= 0.6 is 11.3 Å². The van der Waals surface area contributed by atoms with Gasteiger partial charge in [-0.2, -0.15) is 0 Å². The summed E-state index contributed by atoms with van der Waals surface area (Å²) in [5.41, 5.74) is 2.61. The van der Waals surface area contributed by atoms with Gasteiger partial charge < -0.3 is 5.32 Å². The number of rotatable bonds is 6. The number of hydrogen-bond acceptors (Lipinski definition) is 3. The van der Waals surface area contributed by atoms with Gasteiger partial charge in [-0.1, -0.05) is 19.4 Å². The predicted octanol–water partition coefficient (Wildman–Crippen LogP) is 1.89. The van der Waals surface area contributed by atoms with E-state index < -0.39 is 0 Å². The van der Waals surface area contributed by atoms with Crippen molar-refractivity contribution in [1.29, 1.82) is 0 Å². The van der Waals surface area contributed by atoms with Crippen LogP contribution < -0.4 is 16.6 Å². The molecule has 0 radical (unpaired) electrons. The molecular weight excluding hydrogens is 232 g/mol. The van der Waals surface area contributed by atoms with Gasteiger partial charge in [0.05, 0.1) is 0 Å². The summed E-state index contributed by atoms with van der Waals surface area (Å²) in [6, 6.07) is 4.54. The number of nitrogens with one attached hydrogen (secondary N) is 2. The van der Waals surface area contributed by atoms with Crippen LogP contribution in [0, 0.1) is 0 Å². The van der Waals surface area contributed by atoms with Crippen molar-refractivity contribution in [2.45, 2.75) is 39.2 Å². The Labute approximate surface area is 107 Å². The van der Waals surface area contributed by atoms with Crippen molar-refractivity contribution in [3.05, 3.63) is 22.4 Å². The number of unbranched alkanes of at least 4 members (excludes halogenated alkanes) is 1. The van der Waals surface area contributed by atoms with Crippen LogP contribution in [0.15, 0.2) is 22.5 Å². The molecule has 0 aliphatic heterocycles. The van der Waals surface area contributed by atoms with Crippen LogP contribution in [-0.4, -0.2) is 18.5 Å². The van der Waals surface area contributed by atoms with E-state index >= 15 is 0 Å². The van der Waals surface area contributed by atoms with Crippen LogP contribution in [0.1, 0.15) is 31.6 Å². The second kappa shape index (κ2) is 8.08. The van der Waals surface area contributed by atoms with Gasteiger partial charge in [0, 0.05) is 23.9 Å². The highest BCUT2D eigenvalue weighted by Crippen LogP contribution is 2.10. The van der Waals surface area contributed by atoms with Gasteiger partial charge in [0.1, 0.15) is 0 Å². The van der Waals surface area contributed by atoms with Crippen LogP contribution in [-0.2, 0) is 6.42 Å². The van der Waals surface area contributed by atoms with Crippen molar-refractivity contribution in [3.8, 4) is 0 Å². The maximum absolute atomic E-state index is 5.44. The fourth-order valence-corrected chi connectivity index (χ4v) is 2.33. The number of nitrogens with zero attached hydrogens (tertiary/aromatic N) is 1. The molecule has 0 aromatic carbocycles. The minimum absolute atomic E-state index is 0.324. The molecule has 96 valence electrons. The molecule has 4 nitrogen and oxygen atoms in total. The summed E-state index contributed by atoms with van der Waals surface area (Å²) in [6.07, 6.45) is 3.23. The van der Waals surface area contributed by atoms with E-state index in [1.54, 1.807) is 11.3 Å². The highest BCUT2D eigenvalue weighted by molar-refractivity contribution is 7.09. The average Bonchev–Trinajstić information content (AvgIpc) is 2.80. The zero-order chi connectivity index (χ0) is 12.5. The first kappa shape index (κ1) is 14.0. The number of guanidine groups is 1. The van der Waals surface area contributed by atoms with Crippen LogP contribution in [0.2, 0.25) is 0 Å². The SMILES string of the molecule is CCCCN=C(NN)NC(C)Cc1cccs1. The molecule has 1 aromatic rings. The Balaban J connectivity index is 2.36. The van der Waals surface area contributed by atoms with Gasteiger partial charge in [-0.05, 0) is 24.8 Å². The fourth-order valence-electron chi connectivity index (χ4n) is 1.50. The molecule has 1 heterocycles. The molecule has 17 heavy (non-hydrogen) atoms. The number of thiophene rings is 1. The number of nitrogens with two attached hydrogens (primary N) is 1. The zero-order valence-corrected chi connectivity index (χ0v) is 11.4. The third kappa shape index (κ3) is 5.70. The van der Waals surface area contributed by atoms with Crippen LogP contribution in [0.4, 0.5) is 0 Å². The van der Waals surface area contributed by atoms with E-state index in [1.165, 1.54) is 4.88 Å². The van der Waals surface area contributed by atoms with Crippen molar-refractivity contribution >= 4 is 17.3 Å². The summed E-state index contributed by atoms with van der Waals surface area (Å²) in [7, 11) is 0. The third-order valence-corrected chi connectivity index (χ3v) is 3.29. The van der Waals surface area contributed by atoms with Gasteiger partial charge in [-0.15, -0.1) is 11.3 Å².